The third-order valence-corrected chi connectivity index (χ3v) is 1.17. The van der Waals surface area contributed by atoms with Crippen molar-refractivity contribution in [3.63, 3.8) is 0 Å². The van der Waals surface area contributed by atoms with Crippen LogP contribution in [0.5, 0.6) is 0 Å². The summed E-state index contributed by atoms with van der Waals surface area (Å²) in [6, 6.07) is 0. The van der Waals surface area contributed by atoms with Crippen LogP contribution in [0.2, 0.25) is 0 Å². The molecule has 0 radical (unpaired) electrons. The van der Waals surface area contributed by atoms with E-state index in [1.165, 1.54) is 0 Å². The summed E-state index contributed by atoms with van der Waals surface area (Å²) in [5, 5.41) is 37.8. The number of carboxylic acid groups (broad SMARTS) is 2. The molecule has 0 aliphatic rings. The number of aliphatic carboxylic acids is 2. The van der Waals surface area contributed by atoms with Crippen LogP contribution in [0.25, 0.3) is 0 Å². The fourth-order valence-corrected chi connectivity index (χ4v) is 0.609. The molecule has 0 aromatic carbocycles. The van der Waals surface area contributed by atoms with E-state index in [0.717, 1.165) is 0 Å². The minimum absolute atomic E-state index is 0. The average Bonchev–Trinajstić information content (AvgIpc) is 2.24. The standard InChI is InChI=1S/C8H6O10.BH3O3.2Na.2H/c9-3(10)1-5(13)17-7(15)8(16)18-6(14)2-4(11)12;2-1(3)4;;;;/h1-2H2,(H,9,10)(H,11,12);2-4H;;;;. The first-order chi connectivity index (χ1) is 9.95. The number of hydrogen-bond acceptors (Lipinski definition) is 11. The molecule has 0 fully saturated rings. The van der Waals surface area contributed by atoms with Gasteiger partial charge in [0.15, 0.2) is 0 Å². The molecule has 0 aliphatic carbocycles. The summed E-state index contributed by atoms with van der Waals surface area (Å²) in [6.07, 6.45) is -2.33. The van der Waals surface area contributed by atoms with Gasteiger partial charge in [0.2, 0.25) is 0 Å². The molecule has 0 saturated heterocycles. The molecule has 0 unspecified atom stereocenters. The summed E-state index contributed by atoms with van der Waals surface area (Å²) in [6.45, 7) is 0. The van der Waals surface area contributed by atoms with E-state index >= 15 is 0 Å². The van der Waals surface area contributed by atoms with Crippen LogP contribution in [-0.4, -0.2) is 128 Å². The van der Waals surface area contributed by atoms with Gasteiger partial charge in [-0.3, -0.25) is 19.2 Å². The molecule has 0 aliphatic heterocycles. The molecule has 0 bridgehead atoms. The van der Waals surface area contributed by atoms with Crippen molar-refractivity contribution in [2.45, 2.75) is 12.8 Å². The predicted octanol–water partition coefficient (Wildman–Crippen LogP) is -5.27. The van der Waals surface area contributed by atoms with Crippen molar-refractivity contribution in [3.8, 4) is 0 Å². The second kappa shape index (κ2) is 17.0. The number of carbonyl (C=O) groups excluding carboxylic acids is 4. The Morgan fingerprint density at radius 2 is 0.875 bits per heavy atom. The number of esters is 4. The zero-order chi connectivity index (χ0) is 17.9. The quantitative estimate of drug-likeness (QED) is 0.135. The molecule has 13 nitrogen and oxygen atoms in total. The molecule has 0 spiro atoms. The SMILES string of the molecule is O=C(O)CC(=O)OC(=O)C(=O)OC(=O)CC(=O)O.OB(O)O.[NaH].[NaH]. The summed E-state index contributed by atoms with van der Waals surface area (Å²) in [5.74, 6) is -10.1. The van der Waals surface area contributed by atoms with Gasteiger partial charge in [0.05, 0.1) is 0 Å². The second-order valence-electron chi connectivity index (χ2n) is 3.01. The van der Waals surface area contributed by atoms with Gasteiger partial charge in [-0.1, -0.05) is 0 Å². The third-order valence-electron chi connectivity index (χ3n) is 1.17. The van der Waals surface area contributed by atoms with Gasteiger partial charge in [-0.15, -0.1) is 0 Å². The van der Waals surface area contributed by atoms with Crippen molar-refractivity contribution in [3.05, 3.63) is 0 Å². The van der Waals surface area contributed by atoms with Crippen LogP contribution in [0.15, 0.2) is 0 Å². The van der Waals surface area contributed by atoms with Crippen LogP contribution in [0.3, 0.4) is 0 Å². The fraction of sp³-hybridized carbons (Fsp3) is 0.250. The van der Waals surface area contributed by atoms with E-state index in [4.69, 9.17) is 25.3 Å². The first kappa shape index (κ1) is 31.0. The number of ether oxygens (including phenoxy) is 2. The van der Waals surface area contributed by atoms with E-state index in [1.807, 2.05) is 0 Å². The average molecular weight is 372 g/mol. The summed E-state index contributed by atoms with van der Waals surface area (Å²) >= 11 is 0. The van der Waals surface area contributed by atoms with Crippen molar-refractivity contribution < 1.29 is 63.5 Å². The number of carbonyl (C=O) groups is 6. The van der Waals surface area contributed by atoms with Gasteiger partial charge in [0.25, 0.3) is 0 Å². The van der Waals surface area contributed by atoms with Crippen molar-refractivity contribution in [1.82, 2.24) is 0 Å². The molecule has 24 heavy (non-hydrogen) atoms. The summed E-state index contributed by atoms with van der Waals surface area (Å²) in [4.78, 5) is 62.8. The van der Waals surface area contributed by atoms with Gasteiger partial charge in [0, 0.05) is 0 Å². The van der Waals surface area contributed by atoms with Crippen LogP contribution in [0.1, 0.15) is 12.8 Å². The normalized spacial score (nSPS) is 7.96. The Hall–Kier alpha value is -0.835. The van der Waals surface area contributed by atoms with Crippen molar-refractivity contribution >= 4 is 102 Å². The van der Waals surface area contributed by atoms with Crippen LogP contribution >= 0.6 is 0 Å². The summed E-state index contributed by atoms with van der Waals surface area (Å²) in [5.41, 5.74) is 0. The molecular formula is C8H11BNa2O13. The van der Waals surface area contributed by atoms with Crippen molar-refractivity contribution in [2.75, 3.05) is 0 Å². The number of carboxylic acids is 2. The van der Waals surface area contributed by atoms with E-state index in [1.54, 1.807) is 0 Å². The molecule has 16 heteroatoms. The van der Waals surface area contributed by atoms with Gasteiger partial charge in [-0.2, -0.15) is 0 Å². The summed E-state index contributed by atoms with van der Waals surface area (Å²) in [7, 11) is -2.17. The van der Waals surface area contributed by atoms with Gasteiger partial charge >= 0.3 is 102 Å². The van der Waals surface area contributed by atoms with E-state index in [9.17, 15) is 28.8 Å². The predicted molar refractivity (Wildman–Crippen MR) is 73.4 cm³/mol. The maximum atomic E-state index is 10.7. The molecule has 0 aromatic heterocycles. The van der Waals surface area contributed by atoms with Crippen LogP contribution in [-0.2, 0) is 38.2 Å². The first-order valence-electron chi connectivity index (χ1n) is 4.93. The molecule has 0 amide bonds. The zero-order valence-electron chi connectivity index (χ0n) is 10.5. The first-order valence-corrected chi connectivity index (χ1v) is 4.93. The Morgan fingerprint density at radius 1 is 0.667 bits per heavy atom. The number of rotatable bonds is 4. The maximum absolute atomic E-state index is 10.7. The van der Waals surface area contributed by atoms with Gasteiger partial charge in [-0.25, -0.2) is 9.59 Å². The van der Waals surface area contributed by atoms with E-state index < -0.39 is 56.0 Å². The third kappa shape index (κ3) is 23.4. The topological polar surface area (TPSA) is 222 Å². The molecule has 0 rings (SSSR count). The Bertz CT molecular complexity index is 434. The molecular weight excluding hydrogens is 361 g/mol. The van der Waals surface area contributed by atoms with Crippen molar-refractivity contribution in [1.29, 1.82) is 0 Å². The van der Waals surface area contributed by atoms with Gasteiger partial charge in [0.1, 0.15) is 12.8 Å². The monoisotopic (exact) mass is 372 g/mol. The molecule has 0 aromatic rings. The Kier molecular flexibility index (Phi) is 22.0. The number of hydrogen-bond donors (Lipinski definition) is 5. The zero-order valence-corrected chi connectivity index (χ0v) is 10.5. The van der Waals surface area contributed by atoms with E-state index in [2.05, 4.69) is 9.47 Å². The Labute approximate surface area is 177 Å². The van der Waals surface area contributed by atoms with Gasteiger partial charge < -0.3 is 34.8 Å². The second-order valence-corrected chi connectivity index (χ2v) is 3.01. The van der Waals surface area contributed by atoms with Crippen LogP contribution in [0, 0.1) is 0 Å². The van der Waals surface area contributed by atoms with E-state index in [-0.39, 0.29) is 59.1 Å². The molecule has 0 saturated carbocycles. The minimum atomic E-state index is -2.17. The molecule has 0 heterocycles. The molecule has 5 N–H and O–H groups in total. The van der Waals surface area contributed by atoms with Crippen molar-refractivity contribution in [2.24, 2.45) is 0 Å². The molecule has 0 atom stereocenters. The van der Waals surface area contributed by atoms with Crippen LogP contribution in [0.4, 0.5) is 0 Å². The van der Waals surface area contributed by atoms with E-state index in [0.29, 0.717) is 0 Å². The Morgan fingerprint density at radius 3 is 1.04 bits per heavy atom. The molecule has 126 valence electrons. The Balaban J connectivity index is -0.000000298. The summed E-state index contributed by atoms with van der Waals surface area (Å²) < 4.78 is 7.39. The van der Waals surface area contributed by atoms with Gasteiger partial charge in [-0.05, 0) is 0 Å². The van der Waals surface area contributed by atoms with Crippen LogP contribution < -0.4 is 0 Å². The fourth-order valence-electron chi connectivity index (χ4n) is 0.609.